The van der Waals surface area contributed by atoms with E-state index in [0.29, 0.717) is 16.3 Å². The molecule has 7 heteroatoms. The van der Waals surface area contributed by atoms with E-state index < -0.39 is 17.9 Å². The maximum absolute atomic E-state index is 12.1. The van der Waals surface area contributed by atoms with Gasteiger partial charge in [0.25, 0.3) is 0 Å². The van der Waals surface area contributed by atoms with Crippen molar-refractivity contribution in [2.45, 2.75) is 0 Å². The zero-order chi connectivity index (χ0) is 20.1. The van der Waals surface area contributed by atoms with Crippen LogP contribution in [0.5, 0.6) is 5.75 Å². The highest BCUT2D eigenvalue weighted by molar-refractivity contribution is 5.98. The number of phenols is 1. The van der Waals surface area contributed by atoms with E-state index in [1.807, 2.05) is 0 Å². The lowest BCUT2D eigenvalue weighted by Crippen LogP contribution is -2.14. The van der Waals surface area contributed by atoms with Crippen molar-refractivity contribution in [3.63, 3.8) is 0 Å². The van der Waals surface area contributed by atoms with Crippen molar-refractivity contribution in [2.75, 3.05) is 13.2 Å². The van der Waals surface area contributed by atoms with Gasteiger partial charge in [0.1, 0.15) is 19.0 Å². The summed E-state index contributed by atoms with van der Waals surface area (Å²) >= 11 is 0. The Morgan fingerprint density at radius 3 is 1.71 bits per heavy atom. The molecule has 0 atom stereocenters. The van der Waals surface area contributed by atoms with Crippen LogP contribution < -0.4 is 0 Å². The molecule has 28 heavy (non-hydrogen) atoms. The number of hydrogen-bond acceptors (Lipinski definition) is 6. The molecule has 0 aromatic heterocycles. The van der Waals surface area contributed by atoms with Crippen molar-refractivity contribution in [3.8, 4) is 5.75 Å². The molecule has 0 aliphatic carbocycles. The third-order valence-corrected chi connectivity index (χ3v) is 3.98. The molecule has 142 valence electrons. The van der Waals surface area contributed by atoms with E-state index in [-0.39, 0.29) is 30.1 Å². The maximum Gasteiger partial charge on any atom is 0.338 e. The van der Waals surface area contributed by atoms with Gasteiger partial charge in [-0.2, -0.15) is 0 Å². The van der Waals surface area contributed by atoms with Gasteiger partial charge in [0.2, 0.25) is 0 Å². The molecule has 0 spiro atoms. The van der Waals surface area contributed by atoms with E-state index in [1.165, 1.54) is 36.4 Å². The molecule has 3 aromatic rings. The van der Waals surface area contributed by atoms with Crippen molar-refractivity contribution < 1.29 is 34.1 Å². The first-order valence-corrected chi connectivity index (χ1v) is 8.34. The summed E-state index contributed by atoms with van der Waals surface area (Å²) in [5.74, 6) is -2.15. The van der Waals surface area contributed by atoms with Crippen LogP contribution in [0, 0.1) is 0 Å². The number of carboxylic acid groups (broad SMARTS) is 1. The zero-order valence-corrected chi connectivity index (χ0v) is 14.6. The van der Waals surface area contributed by atoms with Crippen LogP contribution in [0.15, 0.2) is 60.7 Å². The van der Waals surface area contributed by atoms with Crippen LogP contribution in [0.25, 0.3) is 10.8 Å². The number of carbonyl (C=O) groups is 3. The standard InChI is InChI=1S/C21H16O7/c22-18-7-5-13(6-8-18)20(25)27-9-10-28-21(26)17-4-2-14-11-16(19(23)24)3-1-15(14)12-17/h1-8,11-12,22H,9-10H2,(H,23,24). The number of ether oxygens (including phenoxy) is 2. The number of benzene rings is 3. The van der Waals surface area contributed by atoms with Gasteiger partial charge in [-0.1, -0.05) is 12.1 Å². The van der Waals surface area contributed by atoms with E-state index in [1.54, 1.807) is 24.3 Å². The highest BCUT2D eigenvalue weighted by Gasteiger charge is 2.11. The number of phenolic OH excluding ortho intramolecular Hbond substituents is 1. The van der Waals surface area contributed by atoms with Crippen LogP contribution in [0.1, 0.15) is 31.1 Å². The van der Waals surface area contributed by atoms with E-state index in [9.17, 15) is 19.5 Å². The molecule has 0 radical (unpaired) electrons. The first-order valence-electron chi connectivity index (χ1n) is 8.34. The third-order valence-electron chi connectivity index (χ3n) is 3.98. The number of aromatic hydroxyl groups is 1. The second kappa shape index (κ2) is 8.22. The van der Waals surface area contributed by atoms with Gasteiger partial charge in [0, 0.05) is 0 Å². The summed E-state index contributed by atoms with van der Waals surface area (Å²) in [6.45, 7) is -0.223. The first kappa shape index (κ1) is 18.9. The molecule has 0 heterocycles. The highest BCUT2D eigenvalue weighted by atomic mass is 16.6. The fraction of sp³-hybridized carbons (Fsp3) is 0.0952. The number of carboxylic acids is 1. The fourth-order valence-electron chi connectivity index (χ4n) is 2.54. The lowest BCUT2D eigenvalue weighted by Gasteiger charge is -2.08. The third kappa shape index (κ3) is 4.45. The molecular formula is C21H16O7. The molecule has 0 amide bonds. The van der Waals surface area contributed by atoms with E-state index in [2.05, 4.69) is 0 Å². The largest absolute Gasteiger partial charge is 0.508 e. The molecule has 2 N–H and O–H groups in total. The molecule has 7 nitrogen and oxygen atoms in total. The van der Waals surface area contributed by atoms with E-state index in [0.717, 1.165) is 0 Å². The Kier molecular flexibility index (Phi) is 5.55. The SMILES string of the molecule is O=C(O)c1ccc2cc(C(=O)OCCOC(=O)c3ccc(O)cc3)ccc2c1. The minimum absolute atomic E-state index is 0.0417. The predicted molar refractivity (Wildman–Crippen MR) is 99.6 cm³/mol. The molecule has 3 aromatic carbocycles. The van der Waals surface area contributed by atoms with Crippen molar-refractivity contribution in [3.05, 3.63) is 77.4 Å². The lowest BCUT2D eigenvalue weighted by atomic mass is 10.0. The van der Waals surface area contributed by atoms with Gasteiger partial charge in [-0.05, 0) is 59.3 Å². The van der Waals surface area contributed by atoms with Crippen LogP contribution in [0.2, 0.25) is 0 Å². The van der Waals surface area contributed by atoms with Gasteiger partial charge in [-0.25, -0.2) is 14.4 Å². The lowest BCUT2D eigenvalue weighted by molar-refractivity contribution is 0.0266. The average molecular weight is 380 g/mol. The summed E-state index contributed by atoms with van der Waals surface area (Å²) in [4.78, 5) is 34.9. The van der Waals surface area contributed by atoms with Gasteiger partial charge in [-0.3, -0.25) is 0 Å². The zero-order valence-electron chi connectivity index (χ0n) is 14.6. The fourth-order valence-corrected chi connectivity index (χ4v) is 2.54. The normalized spacial score (nSPS) is 10.4. The Hall–Kier alpha value is -3.87. The summed E-state index contributed by atoms with van der Waals surface area (Å²) in [6.07, 6.45) is 0. The maximum atomic E-state index is 12.1. The number of rotatable bonds is 6. The predicted octanol–water partition coefficient (Wildman–Crippen LogP) is 3.26. The average Bonchev–Trinajstić information content (AvgIpc) is 2.70. The van der Waals surface area contributed by atoms with Gasteiger partial charge in [0.15, 0.2) is 0 Å². The van der Waals surface area contributed by atoms with Gasteiger partial charge >= 0.3 is 17.9 Å². The Balaban J connectivity index is 1.54. The van der Waals surface area contributed by atoms with Crippen molar-refractivity contribution >= 4 is 28.7 Å². The van der Waals surface area contributed by atoms with Crippen LogP contribution in [-0.2, 0) is 9.47 Å². The molecule has 0 aliphatic rings. The first-order chi connectivity index (χ1) is 13.4. The minimum Gasteiger partial charge on any atom is -0.508 e. The summed E-state index contributed by atoms with van der Waals surface area (Å²) < 4.78 is 10.1. The molecule has 0 aliphatic heterocycles. The molecule has 3 rings (SSSR count). The monoisotopic (exact) mass is 380 g/mol. The summed E-state index contributed by atoms with van der Waals surface area (Å²) in [7, 11) is 0. The molecule has 0 unspecified atom stereocenters. The van der Waals surface area contributed by atoms with Crippen LogP contribution in [-0.4, -0.2) is 41.3 Å². The second-order valence-electron chi connectivity index (χ2n) is 5.90. The number of carbonyl (C=O) groups excluding carboxylic acids is 2. The van der Waals surface area contributed by atoms with Gasteiger partial charge in [0.05, 0.1) is 16.7 Å². The molecule has 0 saturated carbocycles. The van der Waals surface area contributed by atoms with Crippen molar-refractivity contribution in [1.82, 2.24) is 0 Å². The van der Waals surface area contributed by atoms with E-state index >= 15 is 0 Å². The van der Waals surface area contributed by atoms with Crippen LogP contribution in [0.3, 0.4) is 0 Å². The Labute approximate surface area is 159 Å². The summed E-state index contributed by atoms with van der Waals surface area (Å²) in [6, 6.07) is 15.0. The summed E-state index contributed by atoms with van der Waals surface area (Å²) in [5, 5.41) is 19.6. The summed E-state index contributed by atoms with van der Waals surface area (Å²) in [5.41, 5.74) is 0.748. The molecule has 0 saturated heterocycles. The van der Waals surface area contributed by atoms with Crippen molar-refractivity contribution in [2.24, 2.45) is 0 Å². The molecular weight excluding hydrogens is 364 g/mol. The smallest absolute Gasteiger partial charge is 0.338 e. The van der Waals surface area contributed by atoms with Gasteiger partial charge < -0.3 is 19.7 Å². The number of fused-ring (bicyclic) bond motifs is 1. The van der Waals surface area contributed by atoms with Gasteiger partial charge in [-0.15, -0.1) is 0 Å². The van der Waals surface area contributed by atoms with Crippen LogP contribution in [0.4, 0.5) is 0 Å². The second-order valence-corrected chi connectivity index (χ2v) is 5.90. The van der Waals surface area contributed by atoms with Crippen molar-refractivity contribution in [1.29, 1.82) is 0 Å². The quantitative estimate of drug-likeness (QED) is 0.499. The van der Waals surface area contributed by atoms with Crippen LogP contribution >= 0.6 is 0 Å². The Morgan fingerprint density at radius 1 is 0.679 bits per heavy atom. The highest BCUT2D eigenvalue weighted by Crippen LogP contribution is 2.19. The molecule has 0 bridgehead atoms. The Bertz CT molecular complexity index is 1040. The minimum atomic E-state index is -1.02. The van der Waals surface area contributed by atoms with E-state index in [4.69, 9.17) is 14.6 Å². The number of aromatic carboxylic acids is 1. The number of hydrogen-bond donors (Lipinski definition) is 2. The topological polar surface area (TPSA) is 110 Å². The Morgan fingerprint density at radius 2 is 1.14 bits per heavy atom. The number of esters is 2. The molecule has 0 fully saturated rings.